The molecule has 0 bridgehead atoms. The van der Waals surface area contributed by atoms with Crippen LogP contribution in [0.3, 0.4) is 0 Å². The number of hydrogen-bond acceptors (Lipinski definition) is 12. The summed E-state index contributed by atoms with van der Waals surface area (Å²) in [6, 6.07) is 7.59. The summed E-state index contributed by atoms with van der Waals surface area (Å²) in [5, 5.41) is 17.5. The average Bonchev–Trinajstić information content (AvgIpc) is 3.40. The molecular formula is C30H36N5O10S2+. The topological polar surface area (TPSA) is 212 Å². The number of aliphatic carboxylic acids is 1. The monoisotopic (exact) mass is 690 g/mol. The zero-order valence-corrected chi connectivity index (χ0v) is 27.6. The first kappa shape index (κ1) is 34.2. The number of Topliss-reactive ketones (excluding diaryl/α,β-unsaturated/α-hetero) is 1. The number of anilines is 1. The highest BCUT2D eigenvalue weighted by atomic mass is 32.3. The molecule has 3 heterocycles. The number of nitrogens with zero attached hydrogens (tertiary/aromatic N) is 4. The van der Waals surface area contributed by atoms with Crippen molar-refractivity contribution in [3.05, 3.63) is 47.2 Å². The number of carbonyl (C=O) groups is 3. The first-order chi connectivity index (χ1) is 22.1. The van der Waals surface area contributed by atoms with Gasteiger partial charge in [0.1, 0.15) is 25.1 Å². The molecule has 3 aromatic rings. The van der Waals surface area contributed by atoms with Gasteiger partial charge < -0.3 is 20.4 Å². The lowest BCUT2D eigenvalue weighted by atomic mass is 9.74. The number of nitrogen functional groups attached to an aromatic ring is 1. The number of carboxylic acids is 1. The van der Waals surface area contributed by atoms with Crippen molar-refractivity contribution in [3.8, 4) is 5.75 Å². The summed E-state index contributed by atoms with van der Waals surface area (Å²) >= 11 is 1.000. The van der Waals surface area contributed by atoms with Gasteiger partial charge in [-0.3, -0.25) is 14.1 Å². The molecular weight excluding hydrogens is 654 g/mol. The van der Waals surface area contributed by atoms with E-state index in [0.29, 0.717) is 10.8 Å². The lowest BCUT2D eigenvalue weighted by molar-refractivity contribution is -0.677. The number of ether oxygens (including phenoxy) is 1. The maximum absolute atomic E-state index is 13.4. The molecule has 1 amide bonds. The summed E-state index contributed by atoms with van der Waals surface area (Å²) in [6.45, 7) is 2.42. The van der Waals surface area contributed by atoms with Gasteiger partial charge in [-0.25, -0.2) is 14.3 Å². The number of pyridine rings is 1. The van der Waals surface area contributed by atoms with Crippen LogP contribution in [0.2, 0.25) is 0 Å². The van der Waals surface area contributed by atoms with Crippen LogP contribution >= 0.6 is 11.3 Å². The molecule has 1 unspecified atom stereocenters. The SMILES string of the molecule is C[n+]1cc2cc(OC[C@H](O/N=C(\C(=O)CC3C(=O)N(OS(=O)(=O)O)C3(C)C)c3csc(N)n3)C(=O)O)ccc2cc1CCC1CCC1. The van der Waals surface area contributed by atoms with E-state index in [9.17, 15) is 27.9 Å². The van der Waals surface area contributed by atoms with Gasteiger partial charge >= 0.3 is 16.4 Å². The number of hydroxylamine groups is 2. The van der Waals surface area contributed by atoms with Gasteiger partial charge in [-0.1, -0.05) is 30.5 Å². The molecule has 2 aliphatic rings. The van der Waals surface area contributed by atoms with E-state index in [0.717, 1.165) is 34.4 Å². The van der Waals surface area contributed by atoms with E-state index in [2.05, 4.69) is 25.1 Å². The number of carboxylic acid groups (broad SMARTS) is 1. The van der Waals surface area contributed by atoms with Gasteiger partial charge in [-0.15, -0.1) is 15.6 Å². The number of fused-ring (bicyclic) bond motifs is 1. The van der Waals surface area contributed by atoms with E-state index in [1.54, 1.807) is 12.1 Å². The van der Waals surface area contributed by atoms with Crippen molar-refractivity contribution in [1.82, 2.24) is 10.0 Å². The average molecular weight is 691 g/mol. The molecule has 1 aromatic carbocycles. The molecule has 1 aliphatic heterocycles. The number of amides is 1. The molecule has 1 saturated carbocycles. The molecule has 47 heavy (non-hydrogen) atoms. The second kappa shape index (κ2) is 13.5. The molecule has 15 nitrogen and oxygen atoms in total. The number of hydrogen-bond donors (Lipinski definition) is 3. The standard InChI is InChI=1S/C30H35N5O10S2/c1-30(2)22(27(37)35(30)45-47(40,41)42)13-24(36)26(23-16-46-29(31)32-23)33-44-25(28(38)39)15-43-21-10-8-18-11-20(9-7-17-5-4-6-17)34(3)14-19(18)12-21/h8,10-12,14,16-17,22,25H,4-7,9,13,15H2,1-3H3,(H3-,31,32,38,39,40,41,42)/p+1/b33-26-/t22?,25-/m0/s1. The molecule has 4 N–H and O–H groups in total. The van der Waals surface area contributed by atoms with Crippen molar-refractivity contribution in [2.24, 2.45) is 24.0 Å². The second-order valence-electron chi connectivity index (χ2n) is 12.2. The van der Waals surface area contributed by atoms with Crippen molar-refractivity contribution >= 4 is 61.0 Å². The van der Waals surface area contributed by atoms with Crippen LogP contribution in [-0.2, 0) is 47.4 Å². The Morgan fingerprint density at radius 1 is 1.26 bits per heavy atom. The third-order valence-corrected chi connectivity index (χ3v) is 9.62. The summed E-state index contributed by atoms with van der Waals surface area (Å²) in [6.07, 6.45) is 5.99. The van der Waals surface area contributed by atoms with E-state index in [-0.39, 0.29) is 10.8 Å². The summed E-state index contributed by atoms with van der Waals surface area (Å²) in [4.78, 5) is 47.3. The highest BCUT2D eigenvalue weighted by molar-refractivity contribution is 7.80. The van der Waals surface area contributed by atoms with E-state index >= 15 is 0 Å². The Morgan fingerprint density at radius 2 is 2.00 bits per heavy atom. The molecule has 2 atom stereocenters. The zero-order valence-electron chi connectivity index (χ0n) is 26.0. The highest BCUT2D eigenvalue weighted by Gasteiger charge is 2.57. The number of aryl methyl sites for hydroxylation is 2. The highest BCUT2D eigenvalue weighted by Crippen LogP contribution is 2.40. The molecule has 17 heteroatoms. The number of rotatable bonds is 15. The first-order valence-corrected chi connectivity index (χ1v) is 17.1. The Balaban J connectivity index is 1.27. The van der Waals surface area contributed by atoms with E-state index in [1.807, 2.05) is 19.3 Å². The number of benzene rings is 1. The second-order valence-corrected chi connectivity index (χ2v) is 14.1. The Bertz CT molecular complexity index is 1840. The van der Waals surface area contributed by atoms with Gasteiger partial charge in [0.15, 0.2) is 28.5 Å². The molecule has 0 spiro atoms. The number of ketones is 1. The fraction of sp³-hybridized carbons (Fsp3) is 0.467. The van der Waals surface area contributed by atoms with Crippen LogP contribution in [0, 0.1) is 11.8 Å². The molecule has 1 aliphatic carbocycles. The number of oxime groups is 1. The van der Waals surface area contributed by atoms with Gasteiger partial charge in [0, 0.05) is 29.7 Å². The van der Waals surface area contributed by atoms with E-state index in [4.69, 9.17) is 19.9 Å². The quantitative estimate of drug-likeness (QED) is 0.0691. The Kier molecular flexibility index (Phi) is 9.81. The first-order valence-electron chi connectivity index (χ1n) is 14.9. The third-order valence-electron chi connectivity index (χ3n) is 8.61. The van der Waals surface area contributed by atoms with Crippen LogP contribution in [0.4, 0.5) is 5.13 Å². The number of thiazole rings is 1. The largest absolute Gasteiger partial charge is 0.489 e. The van der Waals surface area contributed by atoms with Crippen LogP contribution in [0.1, 0.15) is 57.3 Å². The molecule has 2 fully saturated rings. The lowest BCUT2D eigenvalue weighted by Crippen LogP contribution is -2.68. The minimum Gasteiger partial charge on any atom is -0.489 e. The van der Waals surface area contributed by atoms with Gasteiger partial charge in [-0.2, -0.15) is 13.5 Å². The minimum absolute atomic E-state index is 0.00682. The van der Waals surface area contributed by atoms with Crippen molar-refractivity contribution in [3.63, 3.8) is 0 Å². The van der Waals surface area contributed by atoms with Gasteiger partial charge in [0.2, 0.25) is 0 Å². The maximum Gasteiger partial charge on any atom is 0.418 e. The fourth-order valence-corrected chi connectivity index (χ4v) is 6.56. The minimum atomic E-state index is -4.98. The Labute approximate surface area is 274 Å². The van der Waals surface area contributed by atoms with Crippen LogP contribution in [0.15, 0.2) is 41.0 Å². The number of nitrogens with two attached hydrogens (primary N) is 1. The Morgan fingerprint density at radius 3 is 2.60 bits per heavy atom. The fourth-order valence-electron chi connectivity index (χ4n) is 5.56. The zero-order chi connectivity index (χ0) is 34.1. The predicted octanol–water partition coefficient (Wildman–Crippen LogP) is 2.62. The lowest BCUT2D eigenvalue weighted by Gasteiger charge is -2.50. The molecule has 1 saturated heterocycles. The summed E-state index contributed by atoms with van der Waals surface area (Å²) in [5.74, 6) is -2.88. The van der Waals surface area contributed by atoms with Crippen LogP contribution in [0.25, 0.3) is 10.8 Å². The smallest absolute Gasteiger partial charge is 0.418 e. The molecule has 0 radical (unpaired) electrons. The van der Waals surface area contributed by atoms with Gasteiger partial charge in [0.05, 0.1) is 11.5 Å². The van der Waals surface area contributed by atoms with Gasteiger partial charge in [0.25, 0.3) is 12.0 Å². The van der Waals surface area contributed by atoms with Crippen LogP contribution in [-0.4, -0.2) is 69.7 Å². The number of carbonyl (C=O) groups excluding carboxylic acids is 2. The molecule has 2 aromatic heterocycles. The molecule has 252 valence electrons. The van der Waals surface area contributed by atoms with Crippen molar-refractivity contribution in [2.45, 2.75) is 64.0 Å². The van der Waals surface area contributed by atoms with Crippen molar-refractivity contribution in [2.75, 3.05) is 12.3 Å². The normalized spacial score (nSPS) is 18.8. The third kappa shape index (κ3) is 7.86. The maximum atomic E-state index is 13.4. The van der Waals surface area contributed by atoms with E-state index in [1.165, 1.54) is 50.6 Å². The van der Waals surface area contributed by atoms with Crippen LogP contribution < -0.4 is 15.0 Å². The van der Waals surface area contributed by atoms with E-state index < -0.39 is 64.4 Å². The summed E-state index contributed by atoms with van der Waals surface area (Å²) in [5.41, 5.74) is 5.26. The summed E-state index contributed by atoms with van der Waals surface area (Å²) < 4.78 is 43.4. The van der Waals surface area contributed by atoms with Crippen molar-refractivity contribution < 1.29 is 50.9 Å². The predicted molar refractivity (Wildman–Crippen MR) is 169 cm³/mol. The molecule has 5 rings (SSSR count). The van der Waals surface area contributed by atoms with Gasteiger partial charge in [-0.05, 0) is 43.7 Å². The summed E-state index contributed by atoms with van der Waals surface area (Å²) in [7, 11) is -2.99. The van der Waals surface area contributed by atoms with Crippen molar-refractivity contribution in [1.29, 1.82) is 0 Å². The Hall–Kier alpha value is -4.19. The number of β-lactam (4-membered cyclic amide) rings is 1. The number of aromatic nitrogens is 2. The van der Waals surface area contributed by atoms with Crippen LogP contribution in [0.5, 0.6) is 5.75 Å².